The summed E-state index contributed by atoms with van der Waals surface area (Å²) in [4.78, 5) is 28.5. The largest absolute Gasteiger partial charge is 0.467 e. The lowest BCUT2D eigenvalue weighted by molar-refractivity contribution is -0.123. The van der Waals surface area contributed by atoms with Gasteiger partial charge in [0.05, 0.1) is 6.26 Å². The molecule has 0 bridgehead atoms. The molecule has 1 atom stereocenters. The number of aromatic nitrogens is 2. The van der Waals surface area contributed by atoms with Crippen molar-refractivity contribution in [3.63, 3.8) is 0 Å². The molecular weight excluding hydrogens is 424 g/mol. The van der Waals surface area contributed by atoms with E-state index in [1.807, 2.05) is 62.4 Å². The Labute approximate surface area is 189 Å². The van der Waals surface area contributed by atoms with E-state index >= 15 is 0 Å². The molecule has 0 radical (unpaired) electrons. The van der Waals surface area contributed by atoms with Crippen LogP contribution in [0, 0.1) is 13.8 Å². The van der Waals surface area contributed by atoms with Crippen LogP contribution in [0.5, 0.6) is 0 Å². The molecule has 2 heterocycles. The second kappa shape index (κ2) is 9.57. The number of hydrogen-bond acceptors (Lipinski definition) is 6. The van der Waals surface area contributed by atoms with Crippen molar-refractivity contribution in [3.8, 4) is 0 Å². The molecular formula is C24H22N4O3S. The number of hydrogen-bond donors (Lipinski definition) is 1. The van der Waals surface area contributed by atoms with Gasteiger partial charge < -0.3 is 9.73 Å². The Morgan fingerprint density at radius 2 is 1.91 bits per heavy atom. The van der Waals surface area contributed by atoms with E-state index in [1.165, 1.54) is 11.2 Å². The molecule has 8 heteroatoms. The van der Waals surface area contributed by atoms with Crippen LogP contribution in [-0.4, -0.2) is 21.4 Å². The van der Waals surface area contributed by atoms with Crippen LogP contribution in [-0.2, 0) is 11.3 Å². The highest BCUT2D eigenvalue weighted by molar-refractivity contribution is 7.03. The minimum Gasteiger partial charge on any atom is -0.467 e. The minimum absolute atomic E-state index is 0.170. The third kappa shape index (κ3) is 4.60. The van der Waals surface area contributed by atoms with Crippen molar-refractivity contribution in [1.29, 1.82) is 0 Å². The zero-order valence-electron chi connectivity index (χ0n) is 17.7. The van der Waals surface area contributed by atoms with Crippen LogP contribution in [0.4, 0.5) is 5.69 Å². The van der Waals surface area contributed by atoms with E-state index in [2.05, 4.69) is 14.9 Å². The first kappa shape index (κ1) is 21.5. The first-order chi connectivity index (χ1) is 15.5. The Balaban J connectivity index is 1.77. The zero-order chi connectivity index (χ0) is 22.5. The maximum absolute atomic E-state index is 13.6. The zero-order valence-corrected chi connectivity index (χ0v) is 18.5. The standard InChI is InChI=1S/C24H22N4O3S/c1-16-10-11-17(2)20(13-16)28(24(30)19-15-32-27-26-19)22(21-9-6-12-31-21)23(29)25-14-18-7-4-3-5-8-18/h3-13,15,22H,14H2,1-2H3,(H,25,29)/t22-/m1/s1. The van der Waals surface area contributed by atoms with E-state index in [0.717, 1.165) is 28.2 Å². The van der Waals surface area contributed by atoms with E-state index in [0.29, 0.717) is 18.0 Å². The van der Waals surface area contributed by atoms with Crippen molar-refractivity contribution < 1.29 is 14.0 Å². The van der Waals surface area contributed by atoms with E-state index in [-0.39, 0.29) is 11.6 Å². The smallest absolute Gasteiger partial charge is 0.280 e. The van der Waals surface area contributed by atoms with E-state index in [1.54, 1.807) is 17.5 Å². The molecule has 32 heavy (non-hydrogen) atoms. The van der Waals surface area contributed by atoms with Crippen LogP contribution >= 0.6 is 11.5 Å². The summed E-state index contributed by atoms with van der Waals surface area (Å²) in [7, 11) is 0. The van der Waals surface area contributed by atoms with Crippen LogP contribution in [0.25, 0.3) is 0 Å². The third-order valence-electron chi connectivity index (χ3n) is 5.05. The monoisotopic (exact) mass is 446 g/mol. The summed E-state index contributed by atoms with van der Waals surface area (Å²) in [6, 6.07) is 17.7. The lowest BCUT2D eigenvalue weighted by Crippen LogP contribution is -2.44. The molecule has 7 nitrogen and oxygen atoms in total. The fourth-order valence-corrected chi connectivity index (χ4v) is 3.86. The van der Waals surface area contributed by atoms with Crippen LogP contribution < -0.4 is 10.2 Å². The minimum atomic E-state index is -1.02. The molecule has 2 amide bonds. The first-order valence-corrected chi connectivity index (χ1v) is 10.9. The highest BCUT2D eigenvalue weighted by Gasteiger charge is 2.37. The number of carbonyl (C=O) groups excluding carboxylic acids is 2. The average molecular weight is 447 g/mol. The van der Waals surface area contributed by atoms with Gasteiger partial charge in [-0.1, -0.05) is 47.0 Å². The lowest BCUT2D eigenvalue weighted by Gasteiger charge is -2.30. The van der Waals surface area contributed by atoms with E-state index in [9.17, 15) is 9.59 Å². The highest BCUT2D eigenvalue weighted by atomic mass is 32.1. The number of amides is 2. The summed E-state index contributed by atoms with van der Waals surface area (Å²) in [5.74, 6) is -0.432. The first-order valence-electron chi connectivity index (χ1n) is 10.1. The van der Waals surface area contributed by atoms with Crippen molar-refractivity contribution >= 4 is 29.0 Å². The van der Waals surface area contributed by atoms with Crippen molar-refractivity contribution in [2.45, 2.75) is 26.4 Å². The quantitative estimate of drug-likeness (QED) is 0.453. The van der Waals surface area contributed by atoms with Crippen LogP contribution in [0.15, 0.2) is 76.7 Å². The van der Waals surface area contributed by atoms with Crippen molar-refractivity contribution in [1.82, 2.24) is 14.9 Å². The number of benzene rings is 2. The lowest BCUT2D eigenvalue weighted by atomic mass is 10.0. The normalized spacial score (nSPS) is 11.7. The second-order valence-electron chi connectivity index (χ2n) is 7.38. The molecule has 0 aliphatic heterocycles. The number of nitrogens with one attached hydrogen (secondary N) is 1. The second-order valence-corrected chi connectivity index (χ2v) is 7.99. The van der Waals surface area contributed by atoms with Crippen LogP contribution in [0.1, 0.15) is 39.0 Å². The predicted octanol–water partition coefficient (Wildman–Crippen LogP) is 4.45. The molecule has 0 fully saturated rings. The average Bonchev–Trinajstić information content (AvgIpc) is 3.52. The summed E-state index contributed by atoms with van der Waals surface area (Å²) < 4.78 is 9.44. The molecule has 1 N–H and O–H groups in total. The number of aryl methyl sites for hydroxylation is 2. The summed E-state index contributed by atoms with van der Waals surface area (Å²) in [6.07, 6.45) is 1.49. The number of anilines is 1. The molecule has 0 unspecified atom stereocenters. The third-order valence-corrected chi connectivity index (χ3v) is 5.56. The number of nitrogens with zero attached hydrogens (tertiary/aromatic N) is 3. The Hall–Kier alpha value is -3.78. The van der Waals surface area contributed by atoms with Gasteiger partial charge in [-0.3, -0.25) is 14.5 Å². The molecule has 0 spiro atoms. The van der Waals surface area contributed by atoms with Crippen molar-refractivity contribution in [3.05, 3.63) is 100 Å². The molecule has 0 saturated carbocycles. The predicted molar refractivity (Wildman–Crippen MR) is 122 cm³/mol. The molecule has 2 aromatic heterocycles. The van der Waals surface area contributed by atoms with E-state index < -0.39 is 11.9 Å². The molecule has 4 rings (SSSR count). The van der Waals surface area contributed by atoms with Gasteiger partial charge in [-0.25, -0.2) is 0 Å². The van der Waals surface area contributed by atoms with Gasteiger partial charge >= 0.3 is 0 Å². The maximum atomic E-state index is 13.6. The van der Waals surface area contributed by atoms with Gasteiger partial charge in [-0.15, -0.1) is 5.10 Å². The summed E-state index contributed by atoms with van der Waals surface area (Å²) in [6.45, 7) is 4.16. The van der Waals surface area contributed by atoms with Gasteiger partial charge in [0.2, 0.25) is 0 Å². The fourth-order valence-electron chi connectivity index (χ4n) is 3.43. The van der Waals surface area contributed by atoms with Gasteiger partial charge in [0.15, 0.2) is 11.7 Å². The van der Waals surface area contributed by atoms with Gasteiger partial charge in [0.25, 0.3) is 11.8 Å². The van der Waals surface area contributed by atoms with Crippen molar-refractivity contribution in [2.24, 2.45) is 0 Å². The Morgan fingerprint density at radius 1 is 1.09 bits per heavy atom. The van der Waals surface area contributed by atoms with Crippen LogP contribution in [0.3, 0.4) is 0 Å². The Morgan fingerprint density at radius 3 is 2.59 bits per heavy atom. The van der Waals surface area contributed by atoms with Gasteiger partial charge in [-0.05, 0) is 60.3 Å². The maximum Gasteiger partial charge on any atom is 0.280 e. The van der Waals surface area contributed by atoms with Crippen LogP contribution in [0.2, 0.25) is 0 Å². The summed E-state index contributed by atoms with van der Waals surface area (Å²) in [5, 5.41) is 8.46. The SMILES string of the molecule is Cc1ccc(C)c(N(C(=O)c2csnn2)[C@@H](C(=O)NCc2ccccc2)c2ccco2)c1. The van der Waals surface area contributed by atoms with Gasteiger partial charge in [0, 0.05) is 17.6 Å². The molecule has 0 aliphatic carbocycles. The van der Waals surface area contributed by atoms with Gasteiger partial charge in [0.1, 0.15) is 5.76 Å². The van der Waals surface area contributed by atoms with E-state index in [4.69, 9.17) is 4.42 Å². The number of carbonyl (C=O) groups is 2. The summed E-state index contributed by atoms with van der Waals surface area (Å²) in [5.41, 5.74) is 3.54. The molecule has 0 saturated heterocycles. The number of furan rings is 1. The number of rotatable bonds is 7. The molecule has 0 aliphatic rings. The fraction of sp³-hybridized carbons (Fsp3) is 0.167. The Kier molecular flexibility index (Phi) is 6.42. The van der Waals surface area contributed by atoms with Crippen molar-refractivity contribution in [2.75, 3.05) is 4.90 Å². The molecule has 4 aromatic rings. The van der Waals surface area contributed by atoms with Gasteiger partial charge in [-0.2, -0.15) is 0 Å². The summed E-state index contributed by atoms with van der Waals surface area (Å²) >= 11 is 1.08. The highest BCUT2D eigenvalue weighted by Crippen LogP contribution is 2.33. The molecule has 162 valence electrons. The molecule has 2 aromatic carbocycles. The Bertz CT molecular complexity index is 1190. The topological polar surface area (TPSA) is 88.3 Å².